The van der Waals surface area contributed by atoms with Gasteiger partial charge in [-0.3, -0.25) is 0 Å². The molecule has 48 unspecified atom stereocenters. The third-order valence-electron chi connectivity index (χ3n) is 33.8. The van der Waals surface area contributed by atoms with Gasteiger partial charge < -0.3 is 185 Å². The zero-order valence-corrected chi connectivity index (χ0v) is 89.1. The molecule has 0 bridgehead atoms. The summed E-state index contributed by atoms with van der Waals surface area (Å²) in [4.78, 5) is 0. The molecule has 147 heavy (non-hydrogen) atoms. The van der Waals surface area contributed by atoms with Crippen molar-refractivity contribution in [2.75, 3.05) is 6.61 Å². The molecule has 860 valence electrons. The second kappa shape index (κ2) is 61.4. The van der Waals surface area contributed by atoms with Crippen LogP contribution in [0.1, 0.15) is 370 Å². The summed E-state index contributed by atoms with van der Waals surface area (Å²) in [6.45, 7) is 20.3. The van der Waals surface area contributed by atoms with Crippen LogP contribution in [-0.4, -0.2) is 402 Å². The second-order valence-corrected chi connectivity index (χ2v) is 47.6. The minimum Gasteiger partial charge on any atom is -0.393 e. The van der Waals surface area contributed by atoms with Crippen molar-refractivity contribution in [1.29, 1.82) is 0 Å². The lowest BCUT2D eigenvalue weighted by Crippen LogP contribution is -2.63. The number of rotatable bonds is 62. The summed E-state index contributed by atoms with van der Waals surface area (Å²) in [5, 5.41) is 285. The average Bonchev–Trinajstić information content (AvgIpc) is 1.61. The van der Waals surface area contributed by atoms with Crippen LogP contribution >= 0.6 is 0 Å². The van der Waals surface area contributed by atoms with Crippen LogP contribution in [0, 0.1) is 23.7 Å². The van der Waals surface area contributed by atoms with Gasteiger partial charge in [-0.2, -0.15) is 0 Å². The molecule has 2 spiro atoms. The molecule has 25 N–H and O–H groups in total. The molecular weight excluding hydrogens is 1910 g/mol. The number of allylic oxidation sites excluding steroid dienone is 2. The minimum absolute atomic E-state index is 0.0199. The number of aliphatic hydroxyl groups is 25. The Balaban J connectivity index is 0.699. The van der Waals surface area contributed by atoms with E-state index in [2.05, 4.69) is 27.0 Å². The van der Waals surface area contributed by atoms with Crippen molar-refractivity contribution in [2.24, 2.45) is 23.7 Å². The molecule has 10 aliphatic heterocycles. The molecule has 0 radical (unpaired) electrons. The van der Waals surface area contributed by atoms with Crippen molar-refractivity contribution in [3.63, 3.8) is 0 Å². The van der Waals surface area contributed by atoms with Crippen molar-refractivity contribution in [2.45, 2.75) is 637 Å². The van der Waals surface area contributed by atoms with Crippen LogP contribution < -0.4 is 0 Å². The summed E-state index contributed by atoms with van der Waals surface area (Å²) >= 11 is 0. The van der Waals surface area contributed by atoms with Crippen LogP contribution in [-0.2, 0) is 56.8 Å². The number of unbranched alkanes of at least 4 members (excludes halogenated alkanes) is 15. The molecule has 37 heteroatoms. The van der Waals surface area contributed by atoms with Gasteiger partial charge in [-0.15, -0.1) is 13.2 Å². The van der Waals surface area contributed by atoms with Crippen molar-refractivity contribution in [3.05, 3.63) is 25.3 Å². The molecule has 10 aliphatic rings. The first-order valence-electron chi connectivity index (χ1n) is 56.9. The Morgan fingerprint density at radius 2 is 0.966 bits per heavy atom. The first kappa shape index (κ1) is 127. The predicted molar refractivity (Wildman–Crippen MR) is 541 cm³/mol. The monoisotopic (exact) mass is 2110 g/mol. The van der Waals surface area contributed by atoms with E-state index in [-0.39, 0.29) is 127 Å². The van der Waals surface area contributed by atoms with E-state index < -0.39 is 287 Å². The average molecular weight is 2110 g/mol. The summed E-state index contributed by atoms with van der Waals surface area (Å²) < 4.78 is 77.3. The molecule has 10 fully saturated rings. The van der Waals surface area contributed by atoms with Gasteiger partial charge in [0.05, 0.1) is 183 Å². The molecule has 0 saturated carbocycles. The summed E-state index contributed by atoms with van der Waals surface area (Å²) in [7, 11) is 0. The SMILES string of the molecule is C=CCCCCCCCCCCCC(O)C(O)CC1CC(O)CC2(CCC3(OC(CC(O)CC(O)C4CC(O)C(O)C(O)C(CC(O)C5OC(CC(O)CCC6CC(O)CC(C)(CC(O)CC7(C)OC(CC8OC(CC(O)CCCC(C)CC(O)CC(O)CC(C)CCC(C)CCCCCCCCC=C)C(O)CC8OC8OC(C)C(O)C(O)C8O)CC(O)C7OC7OCC(O)C(O)C7O)O6)CC(O)C5O)O4)CCC3C)O2)O1. The molecule has 0 aromatic carbocycles. The lowest BCUT2D eigenvalue weighted by atomic mass is 9.78. The largest absolute Gasteiger partial charge is 0.393 e. The Morgan fingerprint density at radius 1 is 0.381 bits per heavy atom. The topological polar surface area (TPSA) is 617 Å². The molecular formula is C110H198O37. The molecule has 10 heterocycles. The number of hydrogen-bond donors (Lipinski definition) is 25. The molecule has 10 saturated heterocycles. The first-order chi connectivity index (χ1) is 69.7. The third kappa shape index (κ3) is 39.2. The van der Waals surface area contributed by atoms with Gasteiger partial charge in [-0.25, -0.2) is 0 Å². The lowest BCUT2D eigenvalue weighted by Gasteiger charge is -2.51. The van der Waals surface area contributed by atoms with Crippen molar-refractivity contribution in [3.8, 4) is 0 Å². The fourth-order valence-corrected chi connectivity index (χ4v) is 25.2. The molecule has 0 aromatic heterocycles. The fourth-order valence-electron chi connectivity index (χ4n) is 25.2. The van der Waals surface area contributed by atoms with Crippen LogP contribution in [0.15, 0.2) is 25.3 Å². The van der Waals surface area contributed by atoms with Crippen molar-refractivity contribution >= 4 is 0 Å². The van der Waals surface area contributed by atoms with Crippen molar-refractivity contribution < 1.29 is 185 Å². The highest BCUT2D eigenvalue weighted by Crippen LogP contribution is 2.54. The summed E-state index contributed by atoms with van der Waals surface area (Å²) in [6.07, 6.45) is -21.6. The molecule has 0 aromatic rings. The van der Waals surface area contributed by atoms with Crippen LogP contribution in [0.5, 0.6) is 0 Å². The molecule has 48 atom stereocenters. The molecule has 0 amide bonds. The zero-order valence-electron chi connectivity index (χ0n) is 89.1. The van der Waals surface area contributed by atoms with Gasteiger partial charge in [0.2, 0.25) is 0 Å². The van der Waals surface area contributed by atoms with E-state index in [4.69, 9.17) is 56.8 Å². The Hall–Kier alpha value is -2.00. The van der Waals surface area contributed by atoms with Crippen LogP contribution in [0.25, 0.3) is 0 Å². The van der Waals surface area contributed by atoms with Gasteiger partial charge in [-0.05, 0) is 148 Å². The second-order valence-electron chi connectivity index (χ2n) is 47.6. The summed E-state index contributed by atoms with van der Waals surface area (Å²) in [6, 6.07) is 0. The maximum absolute atomic E-state index is 12.5. The highest BCUT2D eigenvalue weighted by atomic mass is 16.8. The smallest absolute Gasteiger partial charge is 0.186 e. The first-order valence-corrected chi connectivity index (χ1v) is 56.9. The quantitative estimate of drug-likeness (QED) is 0.0240. The van der Waals surface area contributed by atoms with E-state index >= 15 is 0 Å². The van der Waals surface area contributed by atoms with E-state index in [0.29, 0.717) is 76.0 Å². The standard InChI is InChI=1S/C110H198O37/c1-10-12-14-16-18-20-21-22-24-26-28-33-81(119)82(120)52-79-48-74(117)61-109(145-79)40-41-110(147-109)66(6)36-38-77(146-110)46-72(115)49-83(121)91-56-86(124)96(129)99(132)94(140-91)57-87(125)103-98(131)85(123)51-78(138-103)45-69(112)37-39-76-47-73(116)58-107(8,143-76)59-75(118)60-108(9)104(142-105-101(134)97(130)89(127)62-136-105)88(126)53-80(144-108)54-92-93(141-106-102(135)100(133)95(128)67(7)137-106)55-84(122)90(139-92)50-68(111)32-29-31-64(4)42-70(113)44-71(114)43-65(5)35-34-63(3)30-27-25-23-19-17-15-13-11-2/h10-11,63-106,111-135H,1-2,12-62H2,3-9H3. The highest BCUT2D eigenvalue weighted by Gasteiger charge is 2.61. The van der Waals surface area contributed by atoms with Gasteiger partial charge >= 0.3 is 0 Å². The van der Waals surface area contributed by atoms with E-state index in [1.54, 1.807) is 13.8 Å². The number of aliphatic hydroxyl groups excluding tert-OH is 25. The van der Waals surface area contributed by atoms with Crippen LogP contribution in [0.2, 0.25) is 0 Å². The Bertz CT molecular complexity index is 3630. The highest BCUT2D eigenvalue weighted by molar-refractivity contribution is 5.05. The molecule has 0 aliphatic carbocycles. The lowest BCUT2D eigenvalue weighted by molar-refractivity contribution is -0.380. The fraction of sp³-hybridized carbons (Fsp3) is 0.964. The van der Waals surface area contributed by atoms with E-state index in [1.165, 1.54) is 84.0 Å². The van der Waals surface area contributed by atoms with Gasteiger partial charge in [0.15, 0.2) is 24.2 Å². The van der Waals surface area contributed by atoms with Crippen LogP contribution in [0.4, 0.5) is 0 Å². The maximum Gasteiger partial charge on any atom is 0.186 e. The van der Waals surface area contributed by atoms with Gasteiger partial charge in [0, 0.05) is 102 Å². The van der Waals surface area contributed by atoms with Crippen LogP contribution in [0.3, 0.4) is 0 Å². The molecule has 10 rings (SSSR count). The Morgan fingerprint density at radius 3 is 1.64 bits per heavy atom. The summed E-state index contributed by atoms with van der Waals surface area (Å²) in [5.41, 5.74) is -3.04. The van der Waals surface area contributed by atoms with Gasteiger partial charge in [0.1, 0.15) is 67.1 Å². The minimum atomic E-state index is -1.87. The molecule has 37 nitrogen and oxygen atoms in total. The maximum atomic E-state index is 12.5. The summed E-state index contributed by atoms with van der Waals surface area (Å²) in [5.74, 6) is -1.55. The normalized spacial score (nSPS) is 40.6. The predicted octanol–water partition coefficient (Wildman–Crippen LogP) is 6.14. The van der Waals surface area contributed by atoms with Gasteiger partial charge in [0.25, 0.3) is 0 Å². The Kier molecular flexibility index (Phi) is 53.0. The zero-order chi connectivity index (χ0) is 107. The number of ether oxygens (including phenoxy) is 12. The van der Waals surface area contributed by atoms with Gasteiger partial charge in [-0.1, -0.05) is 155 Å². The van der Waals surface area contributed by atoms with E-state index in [9.17, 15) is 128 Å². The van der Waals surface area contributed by atoms with E-state index in [1.807, 2.05) is 26.0 Å². The van der Waals surface area contributed by atoms with Crippen molar-refractivity contribution in [1.82, 2.24) is 0 Å². The Labute approximate surface area is 872 Å². The third-order valence-corrected chi connectivity index (χ3v) is 33.8. The number of hydrogen-bond acceptors (Lipinski definition) is 37. The van der Waals surface area contributed by atoms with E-state index in [0.717, 1.165) is 51.4 Å².